The Labute approximate surface area is 116 Å². The number of hydrogen-bond donors (Lipinski definition) is 1. The lowest BCUT2D eigenvalue weighted by Crippen LogP contribution is -2.29. The Morgan fingerprint density at radius 3 is 2.68 bits per heavy atom. The van der Waals surface area contributed by atoms with Crippen LogP contribution >= 0.6 is 11.8 Å². The third-order valence-corrected chi connectivity index (χ3v) is 3.50. The maximum absolute atomic E-state index is 11.5. The summed E-state index contributed by atoms with van der Waals surface area (Å²) in [5.74, 6) is 0.482. The van der Waals surface area contributed by atoms with Gasteiger partial charge in [-0.25, -0.2) is 5.01 Å². The van der Waals surface area contributed by atoms with Crippen LogP contribution in [0, 0.1) is 0 Å². The number of nitrogens with one attached hydrogen (secondary N) is 1. The van der Waals surface area contributed by atoms with Gasteiger partial charge in [-0.05, 0) is 24.6 Å². The fourth-order valence-electron chi connectivity index (χ4n) is 1.71. The van der Waals surface area contributed by atoms with E-state index in [2.05, 4.69) is 10.4 Å². The van der Waals surface area contributed by atoms with Crippen molar-refractivity contribution in [2.24, 2.45) is 5.10 Å². The van der Waals surface area contributed by atoms with E-state index in [0.29, 0.717) is 12.3 Å². The molecule has 1 heterocycles. The van der Waals surface area contributed by atoms with Crippen molar-refractivity contribution in [1.29, 1.82) is 0 Å². The van der Waals surface area contributed by atoms with Crippen LogP contribution in [0.15, 0.2) is 29.4 Å². The molecule has 2 rings (SSSR count). The number of carbonyl (C=O) groups is 2. The molecule has 0 radical (unpaired) electrons. The fourth-order valence-corrected chi connectivity index (χ4v) is 2.51. The normalized spacial score (nSPS) is 15.2. The lowest BCUT2D eigenvalue weighted by molar-refractivity contribution is -0.114. The van der Waals surface area contributed by atoms with Gasteiger partial charge in [0.25, 0.3) is 0 Å². The van der Waals surface area contributed by atoms with Crippen molar-refractivity contribution in [1.82, 2.24) is 5.01 Å². The molecule has 1 aliphatic rings. The van der Waals surface area contributed by atoms with E-state index in [1.54, 1.807) is 0 Å². The summed E-state index contributed by atoms with van der Waals surface area (Å²) in [7, 11) is 0. The maximum atomic E-state index is 11.5. The molecule has 1 aromatic carbocycles. The lowest BCUT2D eigenvalue weighted by atomic mass is 10.1. The summed E-state index contributed by atoms with van der Waals surface area (Å²) in [5, 5.41) is 8.50. The van der Waals surface area contributed by atoms with E-state index in [1.807, 2.05) is 31.2 Å². The molecule has 2 amide bonds. The highest BCUT2D eigenvalue weighted by Gasteiger charge is 2.20. The van der Waals surface area contributed by atoms with Gasteiger partial charge in [-0.15, -0.1) is 0 Å². The van der Waals surface area contributed by atoms with Crippen molar-refractivity contribution >= 4 is 34.3 Å². The Kier molecular flexibility index (Phi) is 4.21. The average Bonchev–Trinajstić information content (AvgIpc) is 2.40. The molecule has 1 aromatic rings. The number of rotatable bonds is 3. The largest absolute Gasteiger partial charge is 0.326 e. The summed E-state index contributed by atoms with van der Waals surface area (Å²) in [4.78, 5) is 22.4. The molecule has 6 heteroatoms. The van der Waals surface area contributed by atoms with Crippen molar-refractivity contribution in [2.45, 2.75) is 13.8 Å². The Bertz CT molecular complexity index is 525. The molecule has 19 heavy (non-hydrogen) atoms. The first kappa shape index (κ1) is 13.6. The Morgan fingerprint density at radius 2 is 2.11 bits per heavy atom. The second kappa shape index (κ2) is 5.88. The molecule has 0 atom stereocenters. The van der Waals surface area contributed by atoms with E-state index >= 15 is 0 Å². The molecule has 0 fully saturated rings. The zero-order valence-corrected chi connectivity index (χ0v) is 11.7. The zero-order chi connectivity index (χ0) is 13.8. The van der Waals surface area contributed by atoms with Gasteiger partial charge in [-0.3, -0.25) is 9.59 Å². The minimum absolute atomic E-state index is 0.0129. The second-order valence-electron chi connectivity index (χ2n) is 4.08. The van der Waals surface area contributed by atoms with Crippen molar-refractivity contribution in [3.63, 3.8) is 0 Å². The van der Waals surface area contributed by atoms with Crippen molar-refractivity contribution in [2.75, 3.05) is 17.6 Å². The van der Waals surface area contributed by atoms with Crippen LogP contribution in [0.25, 0.3) is 0 Å². The van der Waals surface area contributed by atoms with Gasteiger partial charge < -0.3 is 5.32 Å². The summed E-state index contributed by atoms with van der Waals surface area (Å²) in [6, 6.07) is 7.45. The van der Waals surface area contributed by atoms with Gasteiger partial charge in [0, 0.05) is 24.9 Å². The van der Waals surface area contributed by atoms with Gasteiger partial charge in [0.15, 0.2) is 0 Å². The highest BCUT2D eigenvalue weighted by Crippen LogP contribution is 2.20. The molecule has 100 valence electrons. The number of nitrogens with zero attached hydrogens (tertiary/aromatic N) is 2. The Hall–Kier alpha value is -1.82. The van der Waals surface area contributed by atoms with Gasteiger partial charge >= 0.3 is 5.24 Å². The predicted octanol–water partition coefficient (Wildman–Crippen LogP) is 2.54. The SMILES string of the molecule is CCN1N=C(c2ccc(NC(C)=O)cc2)CSC1=O. The van der Waals surface area contributed by atoms with Crippen molar-refractivity contribution in [3.8, 4) is 0 Å². The van der Waals surface area contributed by atoms with Crippen LogP contribution < -0.4 is 5.32 Å². The maximum Gasteiger partial charge on any atom is 0.302 e. The summed E-state index contributed by atoms with van der Waals surface area (Å²) in [6.45, 7) is 3.94. The molecule has 0 saturated heterocycles. The van der Waals surface area contributed by atoms with Gasteiger partial charge in [0.05, 0.1) is 5.71 Å². The average molecular weight is 277 g/mol. The molecule has 0 spiro atoms. The number of hydrogen-bond acceptors (Lipinski definition) is 4. The standard InChI is InChI=1S/C13H15N3O2S/c1-3-16-13(18)19-8-12(15-16)10-4-6-11(7-5-10)14-9(2)17/h4-7H,3,8H2,1-2H3,(H,14,17). The molecule has 1 N–H and O–H groups in total. The lowest BCUT2D eigenvalue weighted by Gasteiger charge is -2.21. The predicted molar refractivity (Wildman–Crippen MR) is 77.5 cm³/mol. The monoisotopic (exact) mass is 277 g/mol. The molecular weight excluding hydrogens is 262 g/mol. The van der Waals surface area contributed by atoms with Crippen LogP contribution in [0.5, 0.6) is 0 Å². The molecule has 0 aromatic heterocycles. The van der Waals surface area contributed by atoms with E-state index in [9.17, 15) is 9.59 Å². The molecule has 5 nitrogen and oxygen atoms in total. The van der Waals surface area contributed by atoms with Crippen molar-refractivity contribution < 1.29 is 9.59 Å². The first-order valence-electron chi connectivity index (χ1n) is 6.00. The smallest absolute Gasteiger partial charge is 0.302 e. The van der Waals surface area contributed by atoms with E-state index in [4.69, 9.17) is 0 Å². The van der Waals surface area contributed by atoms with E-state index in [1.165, 1.54) is 23.7 Å². The van der Waals surface area contributed by atoms with E-state index in [0.717, 1.165) is 17.0 Å². The van der Waals surface area contributed by atoms with Gasteiger partial charge in [0.1, 0.15) is 0 Å². The first-order valence-corrected chi connectivity index (χ1v) is 6.98. The minimum Gasteiger partial charge on any atom is -0.326 e. The number of anilines is 1. The summed E-state index contributed by atoms with van der Waals surface area (Å²) >= 11 is 1.26. The van der Waals surface area contributed by atoms with Crippen LogP contribution in [0.3, 0.4) is 0 Å². The summed E-state index contributed by atoms with van der Waals surface area (Å²) < 4.78 is 0. The van der Waals surface area contributed by atoms with Gasteiger partial charge in [-0.2, -0.15) is 5.10 Å². The number of benzene rings is 1. The zero-order valence-electron chi connectivity index (χ0n) is 10.8. The number of hydrazone groups is 1. The minimum atomic E-state index is -0.0962. The number of thioether (sulfide) groups is 1. The Morgan fingerprint density at radius 1 is 1.42 bits per heavy atom. The summed E-state index contributed by atoms with van der Waals surface area (Å²) in [6.07, 6.45) is 0. The van der Waals surface area contributed by atoms with Crippen LogP contribution in [-0.4, -0.2) is 34.2 Å². The molecular formula is C13H15N3O2S. The molecule has 0 bridgehead atoms. The van der Waals surface area contributed by atoms with Crippen molar-refractivity contribution in [3.05, 3.63) is 29.8 Å². The molecule has 0 aliphatic carbocycles. The second-order valence-corrected chi connectivity index (χ2v) is 5.00. The third-order valence-electron chi connectivity index (χ3n) is 2.62. The van der Waals surface area contributed by atoms with Crippen LogP contribution in [0.4, 0.5) is 10.5 Å². The number of carbonyl (C=O) groups excluding carboxylic acids is 2. The fraction of sp³-hybridized carbons (Fsp3) is 0.308. The highest BCUT2D eigenvalue weighted by molar-refractivity contribution is 8.14. The number of amides is 2. The Balaban J connectivity index is 2.18. The quantitative estimate of drug-likeness (QED) is 0.923. The summed E-state index contributed by atoms with van der Waals surface area (Å²) in [5.41, 5.74) is 2.59. The van der Waals surface area contributed by atoms with E-state index < -0.39 is 0 Å². The van der Waals surface area contributed by atoms with Crippen LogP contribution in [0.1, 0.15) is 19.4 Å². The van der Waals surface area contributed by atoms with Crippen LogP contribution in [-0.2, 0) is 4.79 Å². The highest BCUT2D eigenvalue weighted by atomic mass is 32.2. The molecule has 0 unspecified atom stereocenters. The third kappa shape index (κ3) is 3.35. The van der Waals surface area contributed by atoms with Gasteiger partial charge in [0.2, 0.25) is 5.91 Å². The van der Waals surface area contributed by atoms with Gasteiger partial charge in [-0.1, -0.05) is 23.9 Å². The van der Waals surface area contributed by atoms with Crippen LogP contribution in [0.2, 0.25) is 0 Å². The molecule has 1 aliphatic heterocycles. The topological polar surface area (TPSA) is 61.8 Å². The van der Waals surface area contributed by atoms with E-state index in [-0.39, 0.29) is 11.1 Å². The first-order chi connectivity index (χ1) is 9.10. The molecule has 0 saturated carbocycles.